The van der Waals surface area contributed by atoms with Gasteiger partial charge in [0.25, 0.3) is 5.69 Å². The van der Waals surface area contributed by atoms with Crippen LogP contribution >= 0.6 is 0 Å². The van der Waals surface area contributed by atoms with Gasteiger partial charge < -0.3 is 5.11 Å². The Bertz CT molecular complexity index is 470. The predicted molar refractivity (Wildman–Crippen MR) is 56.8 cm³/mol. The van der Waals surface area contributed by atoms with Crippen LogP contribution in [0, 0.1) is 22.0 Å². The number of carbonyl (C=O) groups is 1. The van der Waals surface area contributed by atoms with Crippen molar-refractivity contribution in [3.05, 3.63) is 39.9 Å². The van der Waals surface area contributed by atoms with Gasteiger partial charge in [-0.05, 0) is 6.07 Å². The van der Waals surface area contributed by atoms with Crippen LogP contribution in [-0.2, 0) is 4.79 Å². The molecule has 0 aliphatic rings. The standard InChI is InChI=1S/C11H9NO4/c13-11(14)7-2-1-4-9-5-3-6-10(8-9)12(15)16/h3,5-6,8H,2,7H2,(H,13,14). The third kappa shape index (κ3) is 3.80. The Hall–Kier alpha value is -2.35. The Labute approximate surface area is 91.9 Å². The van der Waals surface area contributed by atoms with Crippen molar-refractivity contribution in [2.45, 2.75) is 12.8 Å². The minimum atomic E-state index is -0.909. The molecule has 0 atom stereocenters. The van der Waals surface area contributed by atoms with Gasteiger partial charge in [-0.1, -0.05) is 17.9 Å². The molecule has 0 saturated carbocycles. The number of non-ortho nitro benzene ring substituents is 1. The molecule has 0 fully saturated rings. The fraction of sp³-hybridized carbons (Fsp3) is 0.182. The smallest absolute Gasteiger partial charge is 0.304 e. The van der Waals surface area contributed by atoms with Crippen molar-refractivity contribution < 1.29 is 14.8 Å². The van der Waals surface area contributed by atoms with E-state index in [2.05, 4.69) is 11.8 Å². The van der Waals surface area contributed by atoms with Gasteiger partial charge in [0.1, 0.15) is 0 Å². The minimum Gasteiger partial charge on any atom is -0.481 e. The van der Waals surface area contributed by atoms with Gasteiger partial charge >= 0.3 is 5.97 Å². The Balaban J connectivity index is 2.70. The fourth-order valence-electron chi connectivity index (χ4n) is 1.03. The second-order valence-corrected chi connectivity index (χ2v) is 3.00. The monoisotopic (exact) mass is 219 g/mol. The zero-order valence-corrected chi connectivity index (χ0v) is 8.34. The second kappa shape index (κ2) is 5.51. The first kappa shape index (κ1) is 11.7. The lowest BCUT2D eigenvalue weighted by Gasteiger charge is -1.91. The molecule has 0 bridgehead atoms. The van der Waals surface area contributed by atoms with E-state index in [-0.39, 0.29) is 18.5 Å². The molecule has 0 aliphatic heterocycles. The first-order chi connectivity index (χ1) is 7.59. The van der Waals surface area contributed by atoms with Gasteiger partial charge in [0.15, 0.2) is 0 Å². The summed E-state index contributed by atoms with van der Waals surface area (Å²) in [5.41, 5.74) is 0.490. The van der Waals surface area contributed by atoms with Gasteiger partial charge in [0.2, 0.25) is 0 Å². The molecule has 1 aromatic carbocycles. The minimum absolute atomic E-state index is 0.0231. The van der Waals surface area contributed by atoms with Crippen molar-refractivity contribution in [2.75, 3.05) is 0 Å². The SMILES string of the molecule is O=C(O)CCC#Cc1cccc([N+](=O)[O-])c1. The largest absolute Gasteiger partial charge is 0.481 e. The molecule has 5 heteroatoms. The van der Waals surface area contributed by atoms with Crippen molar-refractivity contribution in [2.24, 2.45) is 0 Å². The molecule has 0 spiro atoms. The number of carboxylic acids is 1. The molecule has 0 amide bonds. The molecule has 0 aliphatic carbocycles. The summed E-state index contributed by atoms with van der Waals surface area (Å²) in [6, 6.07) is 5.91. The van der Waals surface area contributed by atoms with E-state index in [9.17, 15) is 14.9 Å². The zero-order chi connectivity index (χ0) is 12.0. The number of hydrogen-bond acceptors (Lipinski definition) is 3. The number of nitrogens with zero attached hydrogens (tertiary/aromatic N) is 1. The maximum Gasteiger partial charge on any atom is 0.304 e. The van der Waals surface area contributed by atoms with E-state index in [0.717, 1.165) is 0 Å². The molecule has 82 valence electrons. The molecule has 0 unspecified atom stereocenters. The summed E-state index contributed by atoms with van der Waals surface area (Å²) in [6.07, 6.45) is 0.208. The maximum absolute atomic E-state index is 10.5. The topological polar surface area (TPSA) is 80.4 Å². The van der Waals surface area contributed by atoms with E-state index in [1.807, 2.05) is 0 Å². The van der Waals surface area contributed by atoms with Gasteiger partial charge in [-0.25, -0.2) is 0 Å². The Kier molecular flexibility index (Phi) is 4.04. The van der Waals surface area contributed by atoms with Crippen LogP contribution < -0.4 is 0 Å². The van der Waals surface area contributed by atoms with Crippen LogP contribution in [0.3, 0.4) is 0 Å². The van der Waals surface area contributed by atoms with E-state index in [1.165, 1.54) is 12.1 Å². The van der Waals surface area contributed by atoms with E-state index in [1.54, 1.807) is 12.1 Å². The quantitative estimate of drug-likeness (QED) is 0.477. The van der Waals surface area contributed by atoms with Crippen LogP contribution in [0.5, 0.6) is 0 Å². The van der Waals surface area contributed by atoms with E-state index >= 15 is 0 Å². The molecule has 5 nitrogen and oxygen atoms in total. The highest BCUT2D eigenvalue weighted by Crippen LogP contribution is 2.11. The summed E-state index contributed by atoms with van der Waals surface area (Å²) in [5.74, 6) is 4.41. The molecule has 0 saturated heterocycles. The van der Waals surface area contributed by atoms with Crippen molar-refractivity contribution in [3.8, 4) is 11.8 Å². The Morgan fingerprint density at radius 2 is 2.25 bits per heavy atom. The lowest BCUT2D eigenvalue weighted by atomic mass is 10.2. The molecule has 0 aromatic heterocycles. The molecule has 16 heavy (non-hydrogen) atoms. The molecule has 0 heterocycles. The summed E-state index contributed by atoms with van der Waals surface area (Å²) in [6.45, 7) is 0. The van der Waals surface area contributed by atoms with Crippen molar-refractivity contribution in [1.82, 2.24) is 0 Å². The van der Waals surface area contributed by atoms with Gasteiger partial charge in [-0.15, -0.1) is 0 Å². The summed E-state index contributed by atoms with van der Waals surface area (Å²) in [5, 5.41) is 18.8. The van der Waals surface area contributed by atoms with Crippen LogP contribution in [-0.4, -0.2) is 16.0 Å². The first-order valence-electron chi connectivity index (χ1n) is 4.54. The predicted octanol–water partition coefficient (Wildman–Crippen LogP) is 1.81. The number of benzene rings is 1. The Morgan fingerprint density at radius 1 is 1.50 bits per heavy atom. The van der Waals surface area contributed by atoms with Crippen LogP contribution in [0.15, 0.2) is 24.3 Å². The van der Waals surface area contributed by atoms with Crippen LogP contribution in [0.25, 0.3) is 0 Å². The van der Waals surface area contributed by atoms with Crippen LogP contribution in [0.1, 0.15) is 18.4 Å². The van der Waals surface area contributed by atoms with E-state index < -0.39 is 10.9 Å². The second-order valence-electron chi connectivity index (χ2n) is 3.00. The molecular weight excluding hydrogens is 210 g/mol. The summed E-state index contributed by atoms with van der Waals surface area (Å²) < 4.78 is 0. The lowest BCUT2D eigenvalue weighted by molar-refractivity contribution is -0.384. The Morgan fingerprint density at radius 3 is 2.88 bits per heavy atom. The summed E-state index contributed by atoms with van der Waals surface area (Å²) >= 11 is 0. The molecule has 1 aromatic rings. The van der Waals surface area contributed by atoms with Crippen molar-refractivity contribution >= 4 is 11.7 Å². The van der Waals surface area contributed by atoms with Crippen LogP contribution in [0.2, 0.25) is 0 Å². The number of nitro groups is 1. The molecular formula is C11H9NO4. The lowest BCUT2D eigenvalue weighted by Crippen LogP contribution is -1.92. The molecule has 1 rings (SSSR count). The normalized spacial score (nSPS) is 9.00. The number of nitro benzene ring substituents is 1. The number of aliphatic carboxylic acids is 1. The van der Waals surface area contributed by atoms with Gasteiger partial charge in [-0.3, -0.25) is 14.9 Å². The van der Waals surface area contributed by atoms with Crippen LogP contribution in [0.4, 0.5) is 5.69 Å². The highest BCUT2D eigenvalue weighted by molar-refractivity contribution is 5.67. The molecule has 0 radical (unpaired) electrons. The average Bonchev–Trinajstić information content (AvgIpc) is 2.24. The van der Waals surface area contributed by atoms with Crippen molar-refractivity contribution in [1.29, 1.82) is 0 Å². The number of carboxylic acid groups (broad SMARTS) is 1. The highest BCUT2D eigenvalue weighted by atomic mass is 16.6. The third-order valence-corrected chi connectivity index (χ3v) is 1.75. The zero-order valence-electron chi connectivity index (χ0n) is 8.34. The summed E-state index contributed by atoms with van der Waals surface area (Å²) in [4.78, 5) is 20.2. The van der Waals surface area contributed by atoms with Crippen molar-refractivity contribution in [3.63, 3.8) is 0 Å². The fourth-order valence-corrected chi connectivity index (χ4v) is 1.03. The van der Waals surface area contributed by atoms with Gasteiger partial charge in [-0.2, -0.15) is 0 Å². The van der Waals surface area contributed by atoms with E-state index in [0.29, 0.717) is 5.56 Å². The number of rotatable bonds is 3. The first-order valence-corrected chi connectivity index (χ1v) is 4.54. The maximum atomic E-state index is 10.5. The number of hydrogen-bond donors (Lipinski definition) is 1. The van der Waals surface area contributed by atoms with E-state index in [4.69, 9.17) is 5.11 Å². The average molecular weight is 219 g/mol. The highest BCUT2D eigenvalue weighted by Gasteiger charge is 2.03. The van der Waals surface area contributed by atoms with Gasteiger partial charge in [0, 0.05) is 24.1 Å². The summed E-state index contributed by atoms with van der Waals surface area (Å²) in [7, 11) is 0. The van der Waals surface area contributed by atoms with Gasteiger partial charge in [0.05, 0.1) is 11.3 Å². The molecule has 1 N–H and O–H groups in total. The third-order valence-electron chi connectivity index (χ3n) is 1.75.